The zero-order valence-electron chi connectivity index (χ0n) is 16.6. The number of hydrogen-bond acceptors (Lipinski definition) is 6. The number of aromatic nitrogens is 3. The van der Waals surface area contributed by atoms with E-state index in [0.29, 0.717) is 16.5 Å². The van der Waals surface area contributed by atoms with Crippen LogP contribution in [0.2, 0.25) is 0 Å². The number of piperidine rings is 1. The fourth-order valence-electron chi connectivity index (χ4n) is 4.00. The largest absolute Gasteiger partial charge is 0.492 e. The first-order valence-corrected chi connectivity index (χ1v) is 10.8. The molecule has 1 aliphatic heterocycles. The van der Waals surface area contributed by atoms with Crippen LogP contribution in [0.25, 0.3) is 16.5 Å². The minimum atomic E-state index is 0.00339. The van der Waals surface area contributed by atoms with E-state index in [2.05, 4.69) is 53.1 Å². The maximum absolute atomic E-state index is 11.1. The molecule has 1 aliphatic rings. The van der Waals surface area contributed by atoms with Crippen molar-refractivity contribution in [1.82, 2.24) is 19.5 Å². The van der Waals surface area contributed by atoms with Crippen molar-refractivity contribution in [2.45, 2.75) is 32.7 Å². The van der Waals surface area contributed by atoms with Crippen LogP contribution >= 0.6 is 11.3 Å². The second-order valence-corrected chi connectivity index (χ2v) is 8.94. The van der Waals surface area contributed by atoms with Gasteiger partial charge in [0, 0.05) is 0 Å². The summed E-state index contributed by atoms with van der Waals surface area (Å²) >= 11 is 1.50. The van der Waals surface area contributed by atoms with Crippen LogP contribution in [-0.2, 0) is 0 Å². The summed E-state index contributed by atoms with van der Waals surface area (Å²) in [6, 6.07) is 12.2. The predicted molar refractivity (Wildman–Crippen MR) is 113 cm³/mol. The number of thiazole rings is 1. The Morgan fingerprint density at radius 1 is 1.17 bits per heavy atom. The Labute approximate surface area is 173 Å². The fourth-order valence-corrected chi connectivity index (χ4v) is 5.12. The number of likely N-dealkylation sites (tertiary alicyclic amines) is 1. The number of hydrogen-bond donors (Lipinski definition) is 1. The average Bonchev–Trinajstić information content (AvgIpc) is 3.44. The van der Waals surface area contributed by atoms with Crippen LogP contribution in [0.1, 0.15) is 41.8 Å². The molecule has 0 aliphatic carbocycles. The Morgan fingerprint density at radius 3 is 2.59 bits per heavy atom. The second-order valence-electron chi connectivity index (χ2n) is 7.93. The molecule has 0 amide bonds. The molecule has 1 atom stereocenters. The first-order valence-electron chi connectivity index (χ1n) is 10.0. The van der Waals surface area contributed by atoms with Crippen LogP contribution in [0.4, 0.5) is 0 Å². The first-order chi connectivity index (χ1) is 14.1. The fraction of sp³-hybridized carbons (Fsp3) is 0.364. The average molecular weight is 409 g/mol. The number of rotatable bonds is 4. The van der Waals surface area contributed by atoms with Crippen LogP contribution in [0.5, 0.6) is 5.88 Å². The van der Waals surface area contributed by atoms with Gasteiger partial charge in [-0.3, -0.25) is 4.90 Å². The highest BCUT2D eigenvalue weighted by atomic mass is 32.1. The monoisotopic (exact) mass is 408 g/mol. The topological polar surface area (TPSA) is 66.8 Å². The van der Waals surface area contributed by atoms with Crippen LogP contribution in [0, 0.1) is 12.8 Å². The van der Waals surface area contributed by atoms with Gasteiger partial charge >= 0.3 is 0 Å². The van der Waals surface area contributed by atoms with E-state index in [1.54, 1.807) is 12.3 Å². The Balaban J connectivity index is 1.57. The van der Waals surface area contributed by atoms with Crippen molar-refractivity contribution in [3.63, 3.8) is 0 Å². The number of aromatic hydroxyl groups is 1. The smallest absolute Gasteiger partial charge is 0.230 e. The van der Waals surface area contributed by atoms with Gasteiger partial charge in [-0.15, -0.1) is 5.10 Å². The lowest BCUT2D eigenvalue weighted by Gasteiger charge is -2.36. The van der Waals surface area contributed by atoms with E-state index in [9.17, 15) is 5.11 Å². The molecule has 0 bridgehead atoms. The van der Waals surface area contributed by atoms with Crippen molar-refractivity contribution >= 4 is 16.3 Å². The third-order valence-electron chi connectivity index (χ3n) is 5.77. The molecule has 1 saturated heterocycles. The molecule has 1 N–H and O–H groups in total. The molecule has 150 valence electrons. The standard InChI is InChI=1S/C22H24N4O2S/c1-14-5-7-16(8-6-14)18(25-11-9-15(2)10-12-25)19-21(27)26-22(29-19)23-20(24-26)17-4-3-13-28-17/h3-8,13,15,18,27H,9-12H2,1-2H3. The molecular formula is C22H24N4O2S. The van der Waals surface area contributed by atoms with Gasteiger partial charge in [-0.1, -0.05) is 48.1 Å². The quantitative estimate of drug-likeness (QED) is 0.521. The molecule has 1 fully saturated rings. The van der Waals surface area contributed by atoms with Gasteiger partial charge in [0.25, 0.3) is 0 Å². The normalized spacial score (nSPS) is 17.2. The summed E-state index contributed by atoms with van der Waals surface area (Å²) in [6.45, 7) is 6.45. The van der Waals surface area contributed by atoms with E-state index in [4.69, 9.17) is 4.42 Å². The van der Waals surface area contributed by atoms with Crippen molar-refractivity contribution < 1.29 is 9.52 Å². The Hall–Kier alpha value is -2.64. The van der Waals surface area contributed by atoms with E-state index >= 15 is 0 Å². The first kappa shape index (κ1) is 18.4. The number of benzene rings is 1. The number of nitrogens with zero attached hydrogens (tertiary/aromatic N) is 4. The van der Waals surface area contributed by atoms with E-state index in [0.717, 1.165) is 23.9 Å². The number of aryl methyl sites for hydroxylation is 1. The summed E-state index contributed by atoms with van der Waals surface area (Å²) in [5, 5.41) is 15.6. The summed E-state index contributed by atoms with van der Waals surface area (Å²) in [7, 11) is 0. The molecule has 4 aromatic rings. The van der Waals surface area contributed by atoms with E-state index < -0.39 is 0 Å². The molecule has 4 heterocycles. The van der Waals surface area contributed by atoms with Gasteiger partial charge in [0.2, 0.25) is 16.7 Å². The van der Waals surface area contributed by atoms with E-state index in [-0.39, 0.29) is 11.9 Å². The summed E-state index contributed by atoms with van der Waals surface area (Å²) in [6.07, 6.45) is 3.94. The third-order valence-corrected chi connectivity index (χ3v) is 6.84. The molecule has 3 aromatic heterocycles. The number of fused-ring (bicyclic) bond motifs is 1. The zero-order valence-corrected chi connectivity index (χ0v) is 17.4. The molecule has 7 heteroatoms. The molecule has 1 aromatic carbocycles. The highest BCUT2D eigenvalue weighted by Gasteiger charge is 2.31. The minimum absolute atomic E-state index is 0.00339. The lowest BCUT2D eigenvalue weighted by Crippen LogP contribution is -2.36. The van der Waals surface area contributed by atoms with Crippen LogP contribution in [-0.4, -0.2) is 37.7 Å². The van der Waals surface area contributed by atoms with Crippen LogP contribution in [0.3, 0.4) is 0 Å². The maximum Gasteiger partial charge on any atom is 0.230 e. The maximum atomic E-state index is 11.1. The molecule has 6 nitrogen and oxygen atoms in total. The summed E-state index contributed by atoms with van der Waals surface area (Å²) in [5.74, 6) is 2.00. The molecule has 1 unspecified atom stereocenters. The lowest BCUT2D eigenvalue weighted by atomic mass is 9.95. The van der Waals surface area contributed by atoms with Gasteiger partial charge in [-0.05, 0) is 56.5 Å². The molecule has 0 saturated carbocycles. The highest BCUT2D eigenvalue weighted by molar-refractivity contribution is 7.17. The van der Waals surface area contributed by atoms with Crippen molar-refractivity contribution in [2.24, 2.45) is 5.92 Å². The summed E-state index contributed by atoms with van der Waals surface area (Å²) in [4.78, 5) is 8.62. The molecular weight excluding hydrogens is 384 g/mol. The predicted octanol–water partition coefficient (Wildman–Crippen LogP) is 4.89. The Bertz CT molecular complexity index is 1110. The highest BCUT2D eigenvalue weighted by Crippen LogP contribution is 2.41. The zero-order chi connectivity index (χ0) is 20.0. The van der Waals surface area contributed by atoms with Crippen molar-refractivity contribution in [1.29, 1.82) is 0 Å². The molecule has 0 radical (unpaired) electrons. The Morgan fingerprint density at radius 2 is 1.93 bits per heavy atom. The van der Waals surface area contributed by atoms with Crippen LogP contribution in [0.15, 0.2) is 47.1 Å². The molecule has 29 heavy (non-hydrogen) atoms. The lowest BCUT2D eigenvalue weighted by molar-refractivity contribution is 0.157. The van der Waals surface area contributed by atoms with Gasteiger partial charge in [0.05, 0.1) is 17.2 Å². The second kappa shape index (κ2) is 7.31. The van der Waals surface area contributed by atoms with Gasteiger partial charge in [-0.2, -0.15) is 9.50 Å². The molecule has 5 rings (SSSR count). The summed E-state index contributed by atoms with van der Waals surface area (Å²) < 4.78 is 6.93. The SMILES string of the molecule is Cc1ccc(C(c2sc3nc(-c4ccco4)nn3c2O)N2CCC(C)CC2)cc1. The molecule has 0 spiro atoms. The van der Waals surface area contributed by atoms with Gasteiger partial charge in [0.15, 0.2) is 5.76 Å². The van der Waals surface area contributed by atoms with Gasteiger partial charge in [-0.25, -0.2) is 0 Å². The summed E-state index contributed by atoms with van der Waals surface area (Å²) in [5.41, 5.74) is 2.42. The van der Waals surface area contributed by atoms with Crippen molar-refractivity contribution in [3.05, 3.63) is 58.7 Å². The Kier molecular flexibility index (Phi) is 4.64. The van der Waals surface area contributed by atoms with E-state index in [1.165, 1.54) is 39.8 Å². The van der Waals surface area contributed by atoms with Crippen molar-refractivity contribution in [2.75, 3.05) is 13.1 Å². The van der Waals surface area contributed by atoms with Crippen molar-refractivity contribution in [3.8, 4) is 17.5 Å². The third kappa shape index (κ3) is 3.34. The van der Waals surface area contributed by atoms with E-state index in [1.807, 2.05) is 6.07 Å². The van der Waals surface area contributed by atoms with Gasteiger partial charge in [0.1, 0.15) is 0 Å². The number of furan rings is 1. The minimum Gasteiger partial charge on any atom is -0.492 e. The van der Waals surface area contributed by atoms with Gasteiger partial charge < -0.3 is 9.52 Å². The van der Waals surface area contributed by atoms with Crippen LogP contribution < -0.4 is 0 Å².